The molecule has 1 aromatic carbocycles. The highest BCUT2D eigenvalue weighted by atomic mass is 35.5. The molecule has 2 N–H and O–H groups in total. The molecule has 1 saturated heterocycles. The fourth-order valence-electron chi connectivity index (χ4n) is 3.14. The molecule has 1 fully saturated rings. The first-order valence-electron chi connectivity index (χ1n) is 8.37. The molecule has 0 aliphatic carbocycles. The van der Waals surface area contributed by atoms with Crippen LogP contribution in [0.2, 0.25) is 5.02 Å². The Labute approximate surface area is 155 Å². The van der Waals surface area contributed by atoms with Crippen molar-refractivity contribution >= 4 is 46.4 Å². The lowest BCUT2D eigenvalue weighted by atomic mass is 9.93. The van der Waals surface area contributed by atoms with E-state index in [1.807, 2.05) is 13.8 Å². The zero-order valence-corrected chi connectivity index (χ0v) is 15.6. The van der Waals surface area contributed by atoms with E-state index in [1.165, 1.54) is 0 Å². The van der Waals surface area contributed by atoms with Gasteiger partial charge in [0, 0.05) is 12.1 Å². The molecule has 0 atom stereocenters. The molecule has 0 radical (unpaired) electrons. The van der Waals surface area contributed by atoms with Crippen molar-refractivity contribution in [2.75, 3.05) is 11.9 Å². The van der Waals surface area contributed by atoms with E-state index in [-0.39, 0.29) is 12.5 Å². The number of halogens is 1. The van der Waals surface area contributed by atoms with Gasteiger partial charge in [0.2, 0.25) is 11.9 Å². The quantitative estimate of drug-likeness (QED) is 0.781. The van der Waals surface area contributed by atoms with Gasteiger partial charge in [0.05, 0.1) is 11.0 Å². The Morgan fingerprint density at radius 1 is 1.31 bits per heavy atom. The first-order valence-corrected chi connectivity index (χ1v) is 8.75. The van der Waals surface area contributed by atoms with Crippen LogP contribution >= 0.6 is 11.6 Å². The molecule has 2 aromatic rings. The second kappa shape index (κ2) is 6.60. The number of amides is 4. The maximum Gasteiger partial charge on any atom is 0.325 e. The highest BCUT2D eigenvalue weighted by Crippen LogP contribution is 2.25. The second-order valence-corrected chi connectivity index (χ2v) is 6.72. The Hall–Kier alpha value is -2.61. The molecule has 3 rings (SSSR count). The maximum absolute atomic E-state index is 12.6. The Morgan fingerprint density at radius 3 is 2.62 bits per heavy atom. The summed E-state index contributed by atoms with van der Waals surface area (Å²) in [5, 5.41) is 5.89. The predicted molar refractivity (Wildman–Crippen MR) is 97.9 cm³/mol. The summed E-state index contributed by atoms with van der Waals surface area (Å²) in [5.41, 5.74) is 0.517. The summed E-state index contributed by atoms with van der Waals surface area (Å²) in [6.07, 6.45) is 0.940. The number of hydrogen-bond acceptors (Lipinski definition) is 4. The van der Waals surface area contributed by atoms with Gasteiger partial charge in [0.1, 0.15) is 12.1 Å². The van der Waals surface area contributed by atoms with Crippen molar-refractivity contribution in [2.24, 2.45) is 7.05 Å². The second-order valence-electron chi connectivity index (χ2n) is 6.29. The van der Waals surface area contributed by atoms with Gasteiger partial charge in [-0.05, 0) is 31.0 Å². The Bertz CT molecular complexity index is 903. The number of fused-ring (bicyclic) bond motifs is 1. The molecule has 1 aliphatic heterocycles. The predicted octanol–water partition coefficient (Wildman–Crippen LogP) is 2.28. The van der Waals surface area contributed by atoms with Crippen molar-refractivity contribution < 1.29 is 14.4 Å². The summed E-state index contributed by atoms with van der Waals surface area (Å²) in [7, 11) is 1.76. The molecule has 1 aliphatic rings. The van der Waals surface area contributed by atoms with E-state index in [9.17, 15) is 14.4 Å². The van der Waals surface area contributed by atoms with Crippen molar-refractivity contribution in [3.8, 4) is 0 Å². The van der Waals surface area contributed by atoms with Crippen LogP contribution in [-0.2, 0) is 16.6 Å². The van der Waals surface area contributed by atoms with E-state index in [2.05, 4.69) is 15.6 Å². The summed E-state index contributed by atoms with van der Waals surface area (Å²) in [4.78, 5) is 42.3. The smallest absolute Gasteiger partial charge is 0.323 e. The number of anilines is 1. The van der Waals surface area contributed by atoms with E-state index >= 15 is 0 Å². The summed E-state index contributed by atoms with van der Waals surface area (Å²) >= 11 is 5.96. The van der Waals surface area contributed by atoms with Crippen molar-refractivity contribution in [1.82, 2.24) is 19.8 Å². The summed E-state index contributed by atoms with van der Waals surface area (Å²) in [6.45, 7) is 3.29. The highest BCUT2D eigenvalue weighted by Gasteiger charge is 2.49. The van der Waals surface area contributed by atoms with Gasteiger partial charge in [-0.2, -0.15) is 0 Å². The number of rotatable bonds is 5. The van der Waals surface area contributed by atoms with Crippen LogP contribution in [0.15, 0.2) is 18.2 Å². The number of benzene rings is 1. The van der Waals surface area contributed by atoms with Gasteiger partial charge in [0.15, 0.2) is 0 Å². The van der Waals surface area contributed by atoms with Gasteiger partial charge >= 0.3 is 6.03 Å². The number of carbonyl (C=O) groups excluding carboxylic acids is 3. The first kappa shape index (κ1) is 18.2. The lowest BCUT2D eigenvalue weighted by Crippen LogP contribution is -2.46. The third-order valence-corrected chi connectivity index (χ3v) is 5.08. The number of aromatic nitrogens is 2. The third kappa shape index (κ3) is 2.90. The topological polar surface area (TPSA) is 96.3 Å². The first-order chi connectivity index (χ1) is 12.3. The van der Waals surface area contributed by atoms with E-state index < -0.39 is 17.5 Å². The minimum absolute atomic E-state index is 0.316. The molecule has 0 unspecified atom stereocenters. The lowest BCUT2D eigenvalue weighted by molar-refractivity contribution is -0.134. The molecule has 1 aromatic heterocycles. The van der Waals surface area contributed by atoms with Crippen LogP contribution in [0.3, 0.4) is 0 Å². The molecular formula is C17H20ClN5O3. The van der Waals surface area contributed by atoms with Gasteiger partial charge in [-0.1, -0.05) is 25.4 Å². The van der Waals surface area contributed by atoms with E-state index in [1.54, 1.807) is 29.8 Å². The molecule has 2 heterocycles. The van der Waals surface area contributed by atoms with Crippen LogP contribution in [0, 0.1) is 0 Å². The van der Waals surface area contributed by atoms with Gasteiger partial charge < -0.3 is 9.88 Å². The number of hydrogen-bond donors (Lipinski definition) is 2. The van der Waals surface area contributed by atoms with Gasteiger partial charge in [-0.25, -0.2) is 9.78 Å². The normalized spacial score (nSPS) is 16.2. The molecule has 4 amide bonds. The minimum atomic E-state index is -0.925. The number of carbonyl (C=O) groups is 3. The zero-order valence-electron chi connectivity index (χ0n) is 14.8. The van der Waals surface area contributed by atoms with Crippen molar-refractivity contribution in [2.45, 2.75) is 32.2 Å². The van der Waals surface area contributed by atoms with E-state index in [0.717, 1.165) is 10.4 Å². The van der Waals surface area contributed by atoms with Crippen molar-refractivity contribution in [3.63, 3.8) is 0 Å². The molecule has 26 heavy (non-hydrogen) atoms. The van der Waals surface area contributed by atoms with Crippen molar-refractivity contribution in [1.29, 1.82) is 0 Å². The minimum Gasteiger partial charge on any atom is -0.323 e. The molecular weight excluding hydrogens is 358 g/mol. The average Bonchev–Trinajstić information content (AvgIpc) is 3.03. The lowest BCUT2D eigenvalue weighted by Gasteiger charge is -2.22. The number of urea groups is 1. The third-order valence-electron chi connectivity index (χ3n) is 4.85. The Kier molecular flexibility index (Phi) is 4.62. The van der Waals surface area contributed by atoms with Gasteiger partial charge in [-0.15, -0.1) is 0 Å². The Balaban J connectivity index is 1.76. The largest absolute Gasteiger partial charge is 0.325 e. The van der Waals surface area contributed by atoms with Crippen LogP contribution in [-0.4, -0.2) is 44.4 Å². The molecule has 0 spiro atoms. The number of aryl methyl sites for hydroxylation is 1. The Morgan fingerprint density at radius 2 is 2.00 bits per heavy atom. The number of nitrogens with one attached hydrogen (secondary N) is 2. The van der Waals surface area contributed by atoms with Crippen LogP contribution in [0.1, 0.15) is 26.7 Å². The molecule has 9 heteroatoms. The summed E-state index contributed by atoms with van der Waals surface area (Å²) in [5.74, 6) is -0.558. The van der Waals surface area contributed by atoms with Gasteiger partial charge in [-0.3, -0.25) is 19.8 Å². The van der Waals surface area contributed by atoms with Crippen molar-refractivity contribution in [3.05, 3.63) is 23.2 Å². The average molecular weight is 378 g/mol. The van der Waals surface area contributed by atoms with Crippen LogP contribution in [0.25, 0.3) is 11.0 Å². The maximum atomic E-state index is 12.6. The monoisotopic (exact) mass is 377 g/mol. The van der Waals surface area contributed by atoms with Crippen LogP contribution in [0.4, 0.5) is 10.7 Å². The highest BCUT2D eigenvalue weighted by molar-refractivity contribution is 6.31. The SMILES string of the molecule is CCC1(CC)NC(=O)N(CC(=O)Nc2nc3cc(Cl)ccc3n2C)C1=O. The number of imide groups is 1. The van der Waals surface area contributed by atoms with Gasteiger partial charge in [0.25, 0.3) is 5.91 Å². The number of nitrogens with zero attached hydrogens (tertiary/aromatic N) is 3. The summed E-state index contributed by atoms with van der Waals surface area (Å²) in [6, 6.07) is 4.68. The molecule has 0 bridgehead atoms. The van der Waals surface area contributed by atoms with E-state index in [4.69, 9.17) is 11.6 Å². The van der Waals surface area contributed by atoms with Crippen LogP contribution in [0.5, 0.6) is 0 Å². The standard InChI is InChI=1S/C17H20ClN5O3/c1-4-17(5-2)14(25)23(16(26)21-17)9-13(24)20-15-19-11-8-10(18)6-7-12(11)22(15)3/h6-8H,4-5,9H2,1-3H3,(H,21,26)(H,19,20,24). The molecule has 138 valence electrons. The fraction of sp³-hybridized carbons (Fsp3) is 0.412. The van der Waals surface area contributed by atoms with Crippen LogP contribution < -0.4 is 10.6 Å². The molecule has 8 nitrogen and oxygen atoms in total. The van der Waals surface area contributed by atoms with E-state index in [0.29, 0.717) is 29.3 Å². The molecule has 0 saturated carbocycles. The fourth-order valence-corrected chi connectivity index (χ4v) is 3.31. The zero-order chi connectivity index (χ0) is 19.1. The number of imidazole rings is 1. The summed E-state index contributed by atoms with van der Waals surface area (Å²) < 4.78 is 1.71.